The second-order valence-corrected chi connectivity index (χ2v) is 9.96. The number of amides is 1. The van der Waals surface area contributed by atoms with Crippen molar-refractivity contribution in [3.63, 3.8) is 0 Å². The van der Waals surface area contributed by atoms with E-state index in [1.807, 2.05) is 53.4 Å². The number of halogens is 1. The van der Waals surface area contributed by atoms with Gasteiger partial charge < -0.3 is 4.90 Å². The summed E-state index contributed by atoms with van der Waals surface area (Å²) in [6.45, 7) is 5.32. The van der Waals surface area contributed by atoms with Crippen molar-refractivity contribution in [3.8, 4) is 22.5 Å². The molecule has 6 heteroatoms. The van der Waals surface area contributed by atoms with E-state index < -0.39 is 0 Å². The maximum atomic E-state index is 13.9. The summed E-state index contributed by atoms with van der Waals surface area (Å²) >= 11 is 0. The largest absolute Gasteiger partial charge is 0.340 e. The summed E-state index contributed by atoms with van der Waals surface area (Å²) in [5, 5.41) is 5.99. The maximum absolute atomic E-state index is 13.9. The molecule has 3 aromatic carbocycles. The van der Waals surface area contributed by atoms with Gasteiger partial charge in [0.25, 0.3) is 0 Å². The zero-order chi connectivity index (χ0) is 26.2. The van der Waals surface area contributed by atoms with Crippen LogP contribution < -0.4 is 0 Å². The molecule has 0 fully saturated rings. The Morgan fingerprint density at radius 3 is 2.47 bits per heavy atom. The first-order valence-electron chi connectivity index (χ1n) is 13.0. The van der Waals surface area contributed by atoms with Crippen LogP contribution in [0.5, 0.6) is 0 Å². The molecule has 1 aliphatic heterocycles. The molecule has 0 N–H and O–H groups in total. The number of aromatic nitrogens is 3. The van der Waals surface area contributed by atoms with Crippen molar-refractivity contribution in [2.45, 2.75) is 33.2 Å². The highest BCUT2D eigenvalue weighted by molar-refractivity contribution is 5.84. The summed E-state index contributed by atoms with van der Waals surface area (Å²) in [4.78, 5) is 20.5. The molecule has 38 heavy (non-hydrogen) atoms. The number of nitrogens with zero attached hydrogens (tertiary/aromatic N) is 4. The number of carbonyl (C=O) groups excluding carboxylic acids is 1. The van der Waals surface area contributed by atoms with Gasteiger partial charge >= 0.3 is 0 Å². The molecule has 0 saturated carbocycles. The van der Waals surface area contributed by atoms with Gasteiger partial charge in [-0.2, -0.15) is 5.10 Å². The van der Waals surface area contributed by atoms with E-state index in [9.17, 15) is 9.18 Å². The van der Waals surface area contributed by atoms with Crippen molar-refractivity contribution >= 4 is 16.8 Å². The molecule has 1 aliphatic rings. The number of para-hydroxylation sites is 1. The number of benzene rings is 3. The maximum Gasteiger partial charge on any atom is 0.244 e. The molecule has 0 aliphatic carbocycles. The van der Waals surface area contributed by atoms with Gasteiger partial charge in [-0.1, -0.05) is 48.5 Å². The zero-order valence-electron chi connectivity index (χ0n) is 21.6. The lowest BCUT2D eigenvalue weighted by Gasteiger charge is -2.21. The highest BCUT2D eigenvalue weighted by Crippen LogP contribution is 2.29. The van der Waals surface area contributed by atoms with Crippen molar-refractivity contribution in [1.29, 1.82) is 0 Å². The first kappa shape index (κ1) is 24.0. The van der Waals surface area contributed by atoms with Gasteiger partial charge in [-0.15, -0.1) is 0 Å². The Morgan fingerprint density at radius 1 is 0.895 bits per heavy atom. The molecular weight excluding hydrogens is 475 g/mol. The van der Waals surface area contributed by atoms with Gasteiger partial charge in [-0.05, 0) is 72.9 Å². The van der Waals surface area contributed by atoms with E-state index in [4.69, 9.17) is 10.1 Å². The normalized spacial score (nSPS) is 13.4. The third kappa shape index (κ3) is 4.47. The standard InChI is InChI=1S/C32H29FN4O/c1-21-18-24(12-13-27(21)33)30-19-31(23-8-4-3-5-9-23)37(35-30)20-32(38)36-16-14-26-22(2)25-10-6-7-11-28(25)34-29(26)15-17-36/h3-13,18-19H,14-17,20H2,1-2H3. The molecule has 5 aromatic rings. The first-order chi connectivity index (χ1) is 18.5. The topological polar surface area (TPSA) is 51.0 Å². The van der Waals surface area contributed by atoms with Gasteiger partial charge in [-0.3, -0.25) is 14.5 Å². The van der Waals surface area contributed by atoms with Gasteiger partial charge in [0.05, 0.1) is 16.9 Å². The first-order valence-corrected chi connectivity index (χ1v) is 13.0. The van der Waals surface area contributed by atoms with Crippen molar-refractivity contribution in [2.24, 2.45) is 0 Å². The quantitative estimate of drug-likeness (QED) is 0.295. The minimum absolute atomic E-state index is 0.0298. The van der Waals surface area contributed by atoms with E-state index in [0.717, 1.165) is 46.6 Å². The van der Waals surface area contributed by atoms with Crippen LogP contribution >= 0.6 is 0 Å². The number of fused-ring (bicyclic) bond motifs is 2. The second kappa shape index (κ2) is 9.86. The van der Waals surface area contributed by atoms with E-state index in [0.29, 0.717) is 18.7 Å². The molecule has 0 saturated heterocycles. The van der Waals surface area contributed by atoms with Crippen molar-refractivity contribution in [1.82, 2.24) is 19.7 Å². The molecule has 5 nitrogen and oxygen atoms in total. The number of hydrogen-bond donors (Lipinski definition) is 0. The summed E-state index contributed by atoms with van der Waals surface area (Å²) in [5.74, 6) is -0.214. The second-order valence-electron chi connectivity index (χ2n) is 9.96. The third-order valence-corrected chi connectivity index (χ3v) is 7.56. The van der Waals surface area contributed by atoms with Gasteiger partial charge in [0.2, 0.25) is 5.91 Å². The minimum atomic E-state index is -0.244. The number of rotatable bonds is 4. The molecule has 1 amide bonds. The van der Waals surface area contributed by atoms with E-state index in [1.54, 1.807) is 23.7 Å². The van der Waals surface area contributed by atoms with Gasteiger partial charge in [0, 0.05) is 36.2 Å². The van der Waals surface area contributed by atoms with Crippen LogP contribution in [0.4, 0.5) is 4.39 Å². The van der Waals surface area contributed by atoms with Crippen LogP contribution in [0.15, 0.2) is 78.9 Å². The molecule has 3 heterocycles. The lowest BCUT2D eigenvalue weighted by molar-refractivity contribution is -0.131. The van der Waals surface area contributed by atoms with Crippen LogP contribution in [0.1, 0.15) is 22.4 Å². The van der Waals surface area contributed by atoms with E-state index in [-0.39, 0.29) is 18.3 Å². The van der Waals surface area contributed by atoms with E-state index in [1.165, 1.54) is 22.6 Å². The number of hydrogen-bond acceptors (Lipinski definition) is 3. The Balaban J connectivity index is 1.28. The summed E-state index contributed by atoms with van der Waals surface area (Å²) in [7, 11) is 0. The van der Waals surface area contributed by atoms with Gasteiger partial charge in [0.15, 0.2) is 0 Å². The van der Waals surface area contributed by atoms with Crippen LogP contribution in [0.2, 0.25) is 0 Å². The Morgan fingerprint density at radius 2 is 1.66 bits per heavy atom. The fourth-order valence-corrected chi connectivity index (χ4v) is 5.42. The number of pyridine rings is 1. The fourth-order valence-electron chi connectivity index (χ4n) is 5.42. The van der Waals surface area contributed by atoms with Crippen molar-refractivity contribution in [2.75, 3.05) is 13.1 Å². The molecular formula is C32H29FN4O. The van der Waals surface area contributed by atoms with Gasteiger partial charge in [-0.25, -0.2) is 4.39 Å². The predicted molar refractivity (Wildman–Crippen MR) is 148 cm³/mol. The van der Waals surface area contributed by atoms with Crippen LogP contribution in [0, 0.1) is 19.7 Å². The van der Waals surface area contributed by atoms with Crippen molar-refractivity contribution in [3.05, 3.63) is 107 Å². The predicted octanol–water partition coefficient (Wildman–Crippen LogP) is 6.15. The molecule has 6 rings (SSSR count). The lowest BCUT2D eigenvalue weighted by atomic mass is 9.99. The monoisotopic (exact) mass is 504 g/mol. The average molecular weight is 505 g/mol. The molecule has 0 bridgehead atoms. The van der Waals surface area contributed by atoms with Gasteiger partial charge in [0.1, 0.15) is 12.4 Å². The third-order valence-electron chi connectivity index (χ3n) is 7.56. The highest BCUT2D eigenvalue weighted by atomic mass is 19.1. The molecule has 190 valence electrons. The molecule has 0 spiro atoms. The average Bonchev–Trinajstić information content (AvgIpc) is 3.22. The highest BCUT2D eigenvalue weighted by Gasteiger charge is 2.23. The van der Waals surface area contributed by atoms with E-state index in [2.05, 4.69) is 19.1 Å². The molecule has 0 unspecified atom stereocenters. The fraction of sp³-hybridized carbons (Fsp3) is 0.219. The molecule has 0 atom stereocenters. The van der Waals surface area contributed by atoms with Crippen molar-refractivity contribution < 1.29 is 9.18 Å². The molecule has 0 radical (unpaired) electrons. The Kier molecular flexibility index (Phi) is 6.24. The number of aryl methyl sites for hydroxylation is 2. The van der Waals surface area contributed by atoms with Crippen LogP contribution in [0.25, 0.3) is 33.4 Å². The van der Waals surface area contributed by atoms with Crippen LogP contribution in [0.3, 0.4) is 0 Å². The Hall–Kier alpha value is -4.32. The van der Waals surface area contributed by atoms with Crippen LogP contribution in [-0.2, 0) is 24.2 Å². The SMILES string of the molecule is Cc1cc(-c2cc(-c3ccccc3)n(CC(=O)N3CCc4nc5ccccc5c(C)c4CC3)n2)ccc1F. The molecule has 2 aromatic heterocycles. The lowest BCUT2D eigenvalue weighted by Crippen LogP contribution is -2.36. The summed E-state index contributed by atoms with van der Waals surface area (Å²) < 4.78 is 15.7. The van der Waals surface area contributed by atoms with Crippen LogP contribution in [-0.4, -0.2) is 38.7 Å². The van der Waals surface area contributed by atoms with E-state index >= 15 is 0 Å². The summed E-state index contributed by atoms with van der Waals surface area (Å²) in [6.07, 6.45) is 1.52. The summed E-state index contributed by atoms with van der Waals surface area (Å²) in [6, 6.07) is 25.2. The Labute approximate surface area is 221 Å². The minimum Gasteiger partial charge on any atom is -0.340 e. The number of carbonyl (C=O) groups is 1. The summed E-state index contributed by atoms with van der Waals surface area (Å²) in [5.41, 5.74) is 8.57. The Bertz CT molecular complexity index is 1660. The smallest absolute Gasteiger partial charge is 0.244 e. The zero-order valence-corrected chi connectivity index (χ0v) is 21.6.